The molecule has 0 aliphatic heterocycles. The van der Waals surface area contributed by atoms with Crippen molar-refractivity contribution in [1.82, 2.24) is 0 Å². The molecular formula is C10H18. The largest absolute Gasteiger partial charge is 0.103 e. The first-order valence-corrected chi connectivity index (χ1v) is 4.40. The fourth-order valence-corrected chi connectivity index (χ4v) is 1.88. The predicted molar refractivity (Wildman–Crippen MR) is 45.9 cm³/mol. The van der Waals surface area contributed by atoms with Gasteiger partial charge in [-0.05, 0) is 30.6 Å². The molecule has 0 heteroatoms. The Morgan fingerprint density at radius 1 is 1.70 bits per heavy atom. The van der Waals surface area contributed by atoms with Gasteiger partial charge in [-0.3, -0.25) is 0 Å². The average Bonchev–Trinajstić information content (AvgIpc) is 2.66. The molecule has 1 aliphatic rings. The minimum atomic E-state index is 0.891. The zero-order chi connectivity index (χ0) is 7.56. The summed E-state index contributed by atoms with van der Waals surface area (Å²) in [6.45, 7) is 8.41. The summed E-state index contributed by atoms with van der Waals surface area (Å²) < 4.78 is 0. The van der Waals surface area contributed by atoms with E-state index in [4.69, 9.17) is 0 Å². The number of hydrogen-bond acceptors (Lipinski definition) is 0. The first-order valence-electron chi connectivity index (χ1n) is 4.40. The lowest BCUT2D eigenvalue weighted by Gasteiger charge is -2.05. The smallest absolute Gasteiger partial charge is 0.0325 e. The van der Waals surface area contributed by atoms with Gasteiger partial charge in [-0.2, -0.15) is 0 Å². The molecule has 10 heavy (non-hydrogen) atoms. The number of allylic oxidation sites excluding steroid dienone is 1. The lowest BCUT2D eigenvalue weighted by atomic mass is 10.0. The summed E-state index contributed by atoms with van der Waals surface area (Å²) in [6.07, 6.45) is 6.12. The van der Waals surface area contributed by atoms with Crippen molar-refractivity contribution >= 4 is 0 Å². The molecule has 3 atom stereocenters. The van der Waals surface area contributed by atoms with Gasteiger partial charge in [-0.25, -0.2) is 0 Å². The van der Waals surface area contributed by atoms with Crippen LogP contribution in [0.4, 0.5) is 0 Å². The van der Waals surface area contributed by atoms with E-state index in [0.29, 0.717) is 0 Å². The molecule has 0 N–H and O–H groups in total. The van der Waals surface area contributed by atoms with Gasteiger partial charge in [0.2, 0.25) is 0 Å². The van der Waals surface area contributed by atoms with Gasteiger partial charge in [0.25, 0.3) is 0 Å². The molecule has 0 amide bonds. The van der Waals surface area contributed by atoms with E-state index < -0.39 is 0 Å². The molecule has 0 spiro atoms. The van der Waals surface area contributed by atoms with Crippen molar-refractivity contribution in [3.05, 3.63) is 12.7 Å². The van der Waals surface area contributed by atoms with Crippen molar-refractivity contribution in [3.8, 4) is 0 Å². The van der Waals surface area contributed by atoms with Crippen LogP contribution in [-0.2, 0) is 0 Å². The van der Waals surface area contributed by atoms with Crippen molar-refractivity contribution < 1.29 is 0 Å². The highest BCUT2D eigenvalue weighted by Crippen LogP contribution is 2.47. The van der Waals surface area contributed by atoms with Crippen LogP contribution in [0, 0.1) is 17.8 Å². The summed E-state index contributed by atoms with van der Waals surface area (Å²) in [5.41, 5.74) is 0. The summed E-state index contributed by atoms with van der Waals surface area (Å²) in [7, 11) is 0. The van der Waals surface area contributed by atoms with Gasteiger partial charge in [0, 0.05) is 0 Å². The molecular weight excluding hydrogens is 120 g/mol. The zero-order valence-corrected chi connectivity index (χ0v) is 7.14. The van der Waals surface area contributed by atoms with Crippen LogP contribution in [0.15, 0.2) is 12.7 Å². The van der Waals surface area contributed by atoms with Crippen LogP contribution >= 0.6 is 0 Å². The van der Waals surface area contributed by atoms with E-state index in [1.54, 1.807) is 0 Å². The average molecular weight is 138 g/mol. The highest BCUT2D eigenvalue weighted by Gasteiger charge is 2.38. The third-order valence-electron chi connectivity index (χ3n) is 2.77. The Bertz CT molecular complexity index is 115. The van der Waals surface area contributed by atoms with Gasteiger partial charge in [-0.1, -0.05) is 26.3 Å². The van der Waals surface area contributed by atoms with Crippen LogP contribution in [-0.4, -0.2) is 0 Å². The highest BCUT2D eigenvalue weighted by molar-refractivity contribution is 4.90. The summed E-state index contributed by atoms with van der Waals surface area (Å²) in [5.74, 6) is 2.97. The third-order valence-corrected chi connectivity index (χ3v) is 2.77. The van der Waals surface area contributed by atoms with Gasteiger partial charge >= 0.3 is 0 Å². The standard InChI is InChI=1S/C10H18/c1-4-6-8(3)10-7-9(10)5-2/h4,8-10H,1,5-7H2,2-3H3. The van der Waals surface area contributed by atoms with Crippen molar-refractivity contribution in [2.45, 2.75) is 33.1 Å². The molecule has 58 valence electrons. The molecule has 0 saturated heterocycles. The van der Waals surface area contributed by atoms with Crippen molar-refractivity contribution in [1.29, 1.82) is 0 Å². The Hall–Kier alpha value is -0.260. The Morgan fingerprint density at radius 2 is 2.40 bits per heavy atom. The predicted octanol–water partition coefficient (Wildman–Crippen LogP) is 3.24. The van der Waals surface area contributed by atoms with Crippen LogP contribution in [0.1, 0.15) is 33.1 Å². The van der Waals surface area contributed by atoms with Crippen LogP contribution in [0.5, 0.6) is 0 Å². The second-order valence-corrected chi connectivity index (χ2v) is 3.57. The molecule has 0 radical (unpaired) electrons. The summed E-state index contributed by atoms with van der Waals surface area (Å²) in [4.78, 5) is 0. The fraction of sp³-hybridized carbons (Fsp3) is 0.800. The van der Waals surface area contributed by atoms with Gasteiger partial charge in [0.05, 0.1) is 0 Å². The summed E-state index contributed by atoms with van der Waals surface area (Å²) >= 11 is 0. The van der Waals surface area contributed by atoms with Gasteiger partial charge in [0.15, 0.2) is 0 Å². The van der Waals surface area contributed by atoms with Crippen LogP contribution in [0.2, 0.25) is 0 Å². The van der Waals surface area contributed by atoms with E-state index >= 15 is 0 Å². The lowest BCUT2D eigenvalue weighted by molar-refractivity contribution is 0.476. The van der Waals surface area contributed by atoms with Crippen LogP contribution in [0.25, 0.3) is 0 Å². The second kappa shape index (κ2) is 3.23. The van der Waals surface area contributed by atoms with E-state index in [9.17, 15) is 0 Å². The topological polar surface area (TPSA) is 0 Å². The van der Waals surface area contributed by atoms with Crippen molar-refractivity contribution in [2.24, 2.45) is 17.8 Å². The molecule has 0 heterocycles. The summed E-state index contributed by atoms with van der Waals surface area (Å²) in [5, 5.41) is 0. The van der Waals surface area contributed by atoms with E-state index in [1.807, 2.05) is 0 Å². The minimum Gasteiger partial charge on any atom is -0.103 e. The van der Waals surface area contributed by atoms with Crippen LogP contribution in [0.3, 0.4) is 0 Å². The second-order valence-electron chi connectivity index (χ2n) is 3.57. The van der Waals surface area contributed by atoms with Crippen molar-refractivity contribution in [3.63, 3.8) is 0 Å². The molecule has 1 saturated carbocycles. The molecule has 0 bridgehead atoms. The fourth-order valence-electron chi connectivity index (χ4n) is 1.88. The van der Waals surface area contributed by atoms with E-state index in [1.165, 1.54) is 19.3 Å². The van der Waals surface area contributed by atoms with E-state index in [-0.39, 0.29) is 0 Å². The van der Waals surface area contributed by atoms with Gasteiger partial charge in [0.1, 0.15) is 0 Å². The summed E-state index contributed by atoms with van der Waals surface area (Å²) in [6, 6.07) is 0. The van der Waals surface area contributed by atoms with Gasteiger partial charge < -0.3 is 0 Å². The maximum absolute atomic E-state index is 3.76. The number of hydrogen-bond donors (Lipinski definition) is 0. The van der Waals surface area contributed by atoms with Crippen LogP contribution < -0.4 is 0 Å². The molecule has 3 unspecified atom stereocenters. The molecule has 0 aromatic rings. The molecule has 1 rings (SSSR count). The first-order chi connectivity index (χ1) is 4.79. The van der Waals surface area contributed by atoms with E-state index in [0.717, 1.165) is 17.8 Å². The first kappa shape index (κ1) is 7.84. The monoisotopic (exact) mass is 138 g/mol. The molecule has 1 aliphatic carbocycles. The molecule has 1 fully saturated rings. The lowest BCUT2D eigenvalue weighted by Crippen LogP contribution is -1.96. The highest BCUT2D eigenvalue weighted by atomic mass is 14.4. The maximum atomic E-state index is 3.76. The Labute approximate surface area is 64.3 Å². The maximum Gasteiger partial charge on any atom is -0.0325 e. The van der Waals surface area contributed by atoms with Gasteiger partial charge in [-0.15, -0.1) is 6.58 Å². The number of rotatable bonds is 4. The third kappa shape index (κ3) is 1.62. The minimum absolute atomic E-state index is 0.891. The van der Waals surface area contributed by atoms with E-state index in [2.05, 4.69) is 26.5 Å². The zero-order valence-electron chi connectivity index (χ0n) is 7.14. The quantitative estimate of drug-likeness (QED) is 0.523. The molecule has 0 aromatic heterocycles. The molecule has 0 aromatic carbocycles. The normalized spacial score (nSPS) is 33.4. The molecule has 0 nitrogen and oxygen atoms in total. The Morgan fingerprint density at radius 3 is 2.80 bits per heavy atom. The Balaban J connectivity index is 2.18. The SMILES string of the molecule is C=CCC(C)C1CC1CC. The Kier molecular flexibility index (Phi) is 2.53. The van der Waals surface area contributed by atoms with Crippen molar-refractivity contribution in [2.75, 3.05) is 0 Å².